The highest BCUT2D eigenvalue weighted by Crippen LogP contribution is 2.34. The van der Waals surface area contributed by atoms with E-state index in [1.165, 1.54) is 30.0 Å². The number of amides is 2. The number of rotatable bonds is 8. The summed E-state index contributed by atoms with van der Waals surface area (Å²) in [5.41, 5.74) is 0.559. The molecule has 0 spiro atoms. The summed E-state index contributed by atoms with van der Waals surface area (Å²) < 4.78 is 26.4. The third-order valence-electron chi connectivity index (χ3n) is 5.21. The average Bonchev–Trinajstić information content (AvgIpc) is 3.45. The minimum absolute atomic E-state index is 0.0414. The Balaban J connectivity index is 1.41. The molecule has 2 aromatic carbocycles. The van der Waals surface area contributed by atoms with Crippen LogP contribution in [0.4, 0.5) is 10.1 Å². The van der Waals surface area contributed by atoms with Crippen LogP contribution < -0.4 is 20.1 Å². The molecule has 34 heavy (non-hydrogen) atoms. The maximum Gasteiger partial charge on any atom is 0.254 e. The van der Waals surface area contributed by atoms with Gasteiger partial charge in [-0.25, -0.2) is 4.39 Å². The molecule has 1 aromatic heterocycles. The number of anilines is 1. The summed E-state index contributed by atoms with van der Waals surface area (Å²) in [4.78, 5) is 25.2. The van der Waals surface area contributed by atoms with Gasteiger partial charge < -0.3 is 24.7 Å². The quantitative estimate of drug-likeness (QED) is 0.468. The fraction of sp³-hybridized carbons (Fsp3) is 0.304. The molecule has 2 atom stereocenters. The minimum atomic E-state index is -0.595. The number of benzene rings is 2. The number of nitrogens with one attached hydrogen (secondary N) is 2. The summed E-state index contributed by atoms with van der Waals surface area (Å²) >= 11 is 1.25. The van der Waals surface area contributed by atoms with E-state index in [2.05, 4.69) is 20.8 Å². The molecule has 11 heteroatoms. The van der Waals surface area contributed by atoms with E-state index in [1.54, 1.807) is 38.1 Å². The molecule has 0 unspecified atom stereocenters. The standard InChI is InChI=1S/C23H24FN5O4S/c1-4-29-20(13(2)25-22(31)16-7-5-6-8-17(16)24)27-28-23(29)34-14(3)21(30)26-15-9-10-18-19(11-15)33-12-32-18/h5-11,13-14H,4,12H2,1-3H3,(H,25,31)(H,26,30)/t13-,14+/m0/s1. The third kappa shape index (κ3) is 4.98. The van der Waals surface area contributed by atoms with Crippen LogP contribution in [-0.2, 0) is 11.3 Å². The molecule has 0 aliphatic carbocycles. The number of ether oxygens (including phenoxy) is 2. The van der Waals surface area contributed by atoms with Crippen molar-refractivity contribution >= 4 is 29.3 Å². The summed E-state index contributed by atoms with van der Waals surface area (Å²) in [6.45, 7) is 6.12. The largest absolute Gasteiger partial charge is 0.454 e. The van der Waals surface area contributed by atoms with Crippen LogP contribution in [0.2, 0.25) is 0 Å². The first kappa shape index (κ1) is 23.6. The van der Waals surface area contributed by atoms with Crippen LogP contribution in [-0.4, -0.2) is 38.6 Å². The first-order valence-corrected chi connectivity index (χ1v) is 11.6. The molecule has 2 heterocycles. The van der Waals surface area contributed by atoms with Crippen molar-refractivity contribution in [1.29, 1.82) is 0 Å². The second-order valence-electron chi connectivity index (χ2n) is 7.58. The van der Waals surface area contributed by atoms with Gasteiger partial charge in [0.1, 0.15) is 5.82 Å². The fourth-order valence-electron chi connectivity index (χ4n) is 3.42. The Labute approximate surface area is 200 Å². The highest BCUT2D eigenvalue weighted by atomic mass is 32.2. The molecule has 2 N–H and O–H groups in total. The van der Waals surface area contributed by atoms with Gasteiger partial charge in [-0.1, -0.05) is 23.9 Å². The fourth-order valence-corrected chi connectivity index (χ4v) is 4.34. The van der Waals surface area contributed by atoms with E-state index in [-0.39, 0.29) is 18.3 Å². The summed E-state index contributed by atoms with van der Waals surface area (Å²) in [5, 5.41) is 14.1. The maximum atomic E-state index is 13.9. The molecule has 4 rings (SSSR count). The smallest absolute Gasteiger partial charge is 0.254 e. The molecule has 0 fully saturated rings. The van der Waals surface area contributed by atoms with Crippen molar-refractivity contribution in [2.45, 2.75) is 43.8 Å². The average molecular weight is 486 g/mol. The lowest BCUT2D eigenvalue weighted by Crippen LogP contribution is -2.29. The van der Waals surface area contributed by atoms with Gasteiger partial charge >= 0.3 is 0 Å². The van der Waals surface area contributed by atoms with Gasteiger partial charge in [0.15, 0.2) is 22.5 Å². The van der Waals surface area contributed by atoms with E-state index in [9.17, 15) is 14.0 Å². The van der Waals surface area contributed by atoms with Crippen molar-refractivity contribution in [2.75, 3.05) is 12.1 Å². The number of carbonyl (C=O) groups is 2. The van der Waals surface area contributed by atoms with Gasteiger partial charge in [0.05, 0.1) is 16.9 Å². The summed E-state index contributed by atoms with van der Waals surface area (Å²) in [7, 11) is 0. The maximum absolute atomic E-state index is 13.9. The summed E-state index contributed by atoms with van der Waals surface area (Å²) in [6.07, 6.45) is 0. The van der Waals surface area contributed by atoms with Crippen molar-refractivity contribution in [1.82, 2.24) is 20.1 Å². The Morgan fingerprint density at radius 3 is 2.68 bits per heavy atom. The van der Waals surface area contributed by atoms with Crippen LogP contribution in [0.15, 0.2) is 47.6 Å². The molecule has 1 aliphatic rings. The van der Waals surface area contributed by atoms with Gasteiger partial charge in [-0.05, 0) is 45.0 Å². The van der Waals surface area contributed by atoms with Crippen LogP contribution >= 0.6 is 11.8 Å². The molecule has 0 bridgehead atoms. The monoisotopic (exact) mass is 485 g/mol. The lowest BCUT2D eigenvalue weighted by Gasteiger charge is -2.16. The first-order valence-electron chi connectivity index (χ1n) is 10.7. The van der Waals surface area contributed by atoms with Gasteiger partial charge in [0.25, 0.3) is 5.91 Å². The molecule has 178 valence electrons. The van der Waals surface area contributed by atoms with Crippen molar-refractivity contribution in [3.05, 3.63) is 59.7 Å². The number of halogens is 1. The van der Waals surface area contributed by atoms with Crippen molar-refractivity contribution in [3.63, 3.8) is 0 Å². The van der Waals surface area contributed by atoms with E-state index in [4.69, 9.17) is 9.47 Å². The Hall–Kier alpha value is -3.60. The second kappa shape index (κ2) is 10.1. The molecule has 0 saturated carbocycles. The van der Waals surface area contributed by atoms with Crippen LogP contribution in [0.5, 0.6) is 11.5 Å². The summed E-state index contributed by atoms with van der Waals surface area (Å²) in [6, 6.07) is 10.5. The number of hydrogen-bond acceptors (Lipinski definition) is 7. The van der Waals surface area contributed by atoms with E-state index in [0.29, 0.717) is 34.7 Å². The molecular weight excluding hydrogens is 461 g/mol. The predicted molar refractivity (Wildman–Crippen MR) is 124 cm³/mol. The summed E-state index contributed by atoms with van der Waals surface area (Å²) in [5.74, 6) is 0.389. The topological polar surface area (TPSA) is 107 Å². The Kier molecular flexibility index (Phi) is 7.01. The minimum Gasteiger partial charge on any atom is -0.454 e. The second-order valence-corrected chi connectivity index (χ2v) is 8.89. The number of hydrogen-bond donors (Lipinski definition) is 2. The number of thioether (sulfide) groups is 1. The molecule has 9 nitrogen and oxygen atoms in total. The third-order valence-corrected chi connectivity index (χ3v) is 6.29. The van der Waals surface area contributed by atoms with Crippen molar-refractivity contribution in [2.24, 2.45) is 0 Å². The van der Waals surface area contributed by atoms with Crippen molar-refractivity contribution < 1.29 is 23.5 Å². The van der Waals surface area contributed by atoms with E-state index in [0.717, 1.165) is 0 Å². The van der Waals surface area contributed by atoms with Gasteiger partial charge in [-0.2, -0.15) is 0 Å². The van der Waals surface area contributed by atoms with Gasteiger partial charge in [-0.15, -0.1) is 10.2 Å². The normalized spacial score (nSPS) is 13.9. The van der Waals surface area contributed by atoms with Crippen LogP contribution in [0.1, 0.15) is 43.0 Å². The molecule has 3 aromatic rings. The van der Waals surface area contributed by atoms with Gasteiger partial charge in [0.2, 0.25) is 12.7 Å². The van der Waals surface area contributed by atoms with E-state index in [1.807, 2.05) is 11.5 Å². The Bertz CT molecular complexity index is 1220. The SMILES string of the molecule is CCn1c(S[C@H](C)C(=O)Nc2ccc3c(c2)OCO3)nnc1[C@H](C)NC(=O)c1ccccc1F. The zero-order chi connectivity index (χ0) is 24.2. The highest BCUT2D eigenvalue weighted by Gasteiger charge is 2.24. The Morgan fingerprint density at radius 1 is 1.15 bits per heavy atom. The number of nitrogens with zero attached hydrogens (tertiary/aromatic N) is 3. The number of carbonyl (C=O) groups excluding carboxylic acids is 2. The molecule has 1 aliphatic heterocycles. The highest BCUT2D eigenvalue weighted by molar-refractivity contribution is 8.00. The number of fused-ring (bicyclic) bond motifs is 1. The molecule has 0 saturated heterocycles. The number of aromatic nitrogens is 3. The van der Waals surface area contributed by atoms with Crippen LogP contribution in [0, 0.1) is 5.82 Å². The zero-order valence-corrected chi connectivity index (χ0v) is 19.7. The van der Waals surface area contributed by atoms with Crippen LogP contribution in [0.3, 0.4) is 0 Å². The molecule has 0 radical (unpaired) electrons. The lowest BCUT2D eigenvalue weighted by atomic mass is 10.2. The Morgan fingerprint density at radius 2 is 1.91 bits per heavy atom. The van der Waals surface area contributed by atoms with E-state index >= 15 is 0 Å². The molecule has 2 amide bonds. The van der Waals surface area contributed by atoms with Gasteiger partial charge in [0, 0.05) is 18.3 Å². The lowest BCUT2D eigenvalue weighted by molar-refractivity contribution is -0.115. The molecular formula is C23H24FN5O4S. The zero-order valence-electron chi connectivity index (χ0n) is 18.9. The van der Waals surface area contributed by atoms with Crippen molar-refractivity contribution in [3.8, 4) is 11.5 Å². The predicted octanol–water partition coefficient (Wildman–Crippen LogP) is 3.78. The first-order chi connectivity index (χ1) is 16.4. The van der Waals surface area contributed by atoms with E-state index < -0.39 is 23.0 Å². The van der Waals surface area contributed by atoms with Crippen LogP contribution in [0.25, 0.3) is 0 Å². The van der Waals surface area contributed by atoms with Gasteiger partial charge in [-0.3, -0.25) is 9.59 Å².